The fourth-order valence-corrected chi connectivity index (χ4v) is 3.73. The van der Waals surface area contributed by atoms with E-state index in [0.29, 0.717) is 18.5 Å². The van der Waals surface area contributed by atoms with Gasteiger partial charge < -0.3 is 5.32 Å². The van der Waals surface area contributed by atoms with E-state index in [1.807, 2.05) is 18.2 Å². The molecule has 0 unspecified atom stereocenters. The normalized spacial score (nSPS) is 11.6. The van der Waals surface area contributed by atoms with E-state index in [2.05, 4.69) is 41.7 Å². The zero-order valence-corrected chi connectivity index (χ0v) is 15.1. The molecule has 4 rings (SSSR count). The summed E-state index contributed by atoms with van der Waals surface area (Å²) in [6.07, 6.45) is 2.89. The molecule has 0 heterocycles. The average Bonchev–Trinajstić information content (AvgIpc) is 3.08. The van der Waals surface area contributed by atoms with Crippen LogP contribution in [0.15, 0.2) is 66.7 Å². The van der Waals surface area contributed by atoms with E-state index >= 15 is 0 Å². The second kappa shape index (κ2) is 7.58. The van der Waals surface area contributed by atoms with Gasteiger partial charge in [0.1, 0.15) is 6.29 Å². The Balaban J connectivity index is 1.37. The van der Waals surface area contributed by atoms with Crippen molar-refractivity contribution in [3.05, 3.63) is 94.5 Å². The maximum atomic E-state index is 12.4. The molecular formula is C24H21NO2. The van der Waals surface area contributed by atoms with E-state index in [0.717, 1.165) is 30.3 Å². The quantitative estimate of drug-likeness (QED) is 0.532. The zero-order chi connectivity index (χ0) is 18.6. The molecule has 134 valence electrons. The highest BCUT2D eigenvalue weighted by Crippen LogP contribution is 2.38. The summed E-state index contributed by atoms with van der Waals surface area (Å²) in [7, 11) is 0. The molecule has 0 saturated heterocycles. The van der Waals surface area contributed by atoms with E-state index in [9.17, 15) is 9.59 Å². The number of hydrogen-bond donors (Lipinski definition) is 1. The number of amides is 1. The topological polar surface area (TPSA) is 46.2 Å². The van der Waals surface area contributed by atoms with Gasteiger partial charge in [-0.3, -0.25) is 9.59 Å². The molecule has 27 heavy (non-hydrogen) atoms. The molecule has 0 aromatic heterocycles. The zero-order valence-electron chi connectivity index (χ0n) is 15.1. The molecule has 0 atom stereocenters. The van der Waals surface area contributed by atoms with Gasteiger partial charge in [-0.05, 0) is 46.2 Å². The van der Waals surface area contributed by atoms with E-state index in [1.165, 1.54) is 22.3 Å². The van der Waals surface area contributed by atoms with Gasteiger partial charge in [0.15, 0.2) is 0 Å². The fourth-order valence-electron chi connectivity index (χ4n) is 3.73. The third-order valence-electron chi connectivity index (χ3n) is 5.15. The van der Waals surface area contributed by atoms with Crippen molar-refractivity contribution >= 4 is 12.2 Å². The van der Waals surface area contributed by atoms with Gasteiger partial charge in [-0.2, -0.15) is 0 Å². The average molecular weight is 355 g/mol. The van der Waals surface area contributed by atoms with Gasteiger partial charge >= 0.3 is 0 Å². The lowest BCUT2D eigenvalue weighted by Gasteiger charge is -2.10. The lowest BCUT2D eigenvalue weighted by Crippen LogP contribution is -2.27. The molecular weight excluding hydrogens is 334 g/mol. The first-order valence-corrected chi connectivity index (χ1v) is 9.24. The van der Waals surface area contributed by atoms with Crippen LogP contribution in [0.1, 0.15) is 32.6 Å². The number of carbonyl (C=O) groups excluding carboxylic acids is 2. The molecule has 3 aromatic rings. The summed E-state index contributed by atoms with van der Waals surface area (Å²) < 4.78 is 0. The third-order valence-corrected chi connectivity index (χ3v) is 5.15. The highest BCUT2D eigenvalue weighted by molar-refractivity contribution is 5.83. The molecule has 0 fully saturated rings. The highest BCUT2D eigenvalue weighted by Gasteiger charge is 2.21. The first kappa shape index (κ1) is 17.2. The monoisotopic (exact) mass is 355 g/mol. The van der Waals surface area contributed by atoms with Crippen LogP contribution < -0.4 is 5.32 Å². The second-order valence-corrected chi connectivity index (χ2v) is 6.91. The summed E-state index contributed by atoms with van der Waals surface area (Å²) in [6.45, 7) is 0.592. The number of rotatable bonds is 6. The van der Waals surface area contributed by atoms with E-state index < -0.39 is 0 Å². The van der Waals surface area contributed by atoms with Gasteiger partial charge in [-0.1, -0.05) is 66.7 Å². The Morgan fingerprint density at radius 2 is 1.70 bits per heavy atom. The van der Waals surface area contributed by atoms with Crippen molar-refractivity contribution in [1.29, 1.82) is 0 Å². The molecule has 3 heteroatoms. The number of nitrogens with one attached hydrogen (secondary N) is 1. The molecule has 0 radical (unpaired) electrons. The molecule has 0 saturated carbocycles. The highest BCUT2D eigenvalue weighted by atomic mass is 16.1. The number of carbonyl (C=O) groups is 2. The molecule has 0 bridgehead atoms. The molecule has 1 N–H and O–H groups in total. The minimum atomic E-state index is 0.0452. The number of aldehydes is 1. The Bertz CT molecular complexity index is 990. The largest absolute Gasteiger partial charge is 0.355 e. The van der Waals surface area contributed by atoms with Crippen molar-refractivity contribution < 1.29 is 9.59 Å². The molecule has 0 spiro atoms. The van der Waals surface area contributed by atoms with Crippen LogP contribution in [0.3, 0.4) is 0 Å². The Morgan fingerprint density at radius 3 is 2.52 bits per heavy atom. The summed E-state index contributed by atoms with van der Waals surface area (Å²) in [5.74, 6) is 0.0452. The lowest BCUT2D eigenvalue weighted by molar-refractivity contribution is -0.120. The Morgan fingerprint density at radius 1 is 0.926 bits per heavy atom. The predicted molar refractivity (Wildman–Crippen MR) is 107 cm³/mol. The molecule has 3 aromatic carbocycles. The van der Waals surface area contributed by atoms with Gasteiger partial charge in [0.05, 0.1) is 6.42 Å². The number of benzene rings is 3. The minimum absolute atomic E-state index is 0.0452. The first-order chi connectivity index (χ1) is 13.2. The van der Waals surface area contributed by atoms with Crippen LogP contribution in [-0.4, -0.2) is 18.7 Å². The van der Waals surface area contributed by atoms with Crippen LogP contribution in [0.2, 0.25) is 0 Å². The smallest absolute Gasteiger partial charge is 0.224 e. The van der Waals surface area contributed by atoms with Crippen molar-refractivity contribution in [3.8, 4) is 11.1 Å². The Hall–Kier alpha value is -3.20. The van der Waals surface area contributed by atoms with Gasteiger partial charge in [0.2, 0.25) is 5.91 Å². The van der Waals surface area contributed by atoms with Gasteiger partial charge in [0.25, 0.3) is 0 Å². The molecule has 1 aliphatic carbocycles. The molecule has 1 amide bonds. The summed E-state index contributed by atoms with van der Waals surface area (Å²) in [4.78, 5) is 23.1. The molecule has 0 aliphatic heterocycles. The van der Waals surface area contributed by atoms with E-state index in [1.54, 1.807) is 12.1 Å². The van der Waals surface area contributed by atoms with Crippen LogP contribution in [-0.2, 0) is 24.1 Å². The summed E-state index contributed by atoms with van der Waals surface area (Å²) >= 11 is 0. The lowest BCUT2D eigenvalue weighted by atomic mass is 9.99. The van der Waals surface area contributed by atoms with E-state index in [4.69, 9.17) is 0 Å². The standard InChI is InChI=1S/C24H21NO2/c26-16-18-10-8-17(9-11-18)12-13-25-24(27)15-20-5-3-7-22-21-6-2-1-4-19(21)14-23(20)22/h1-11,16H,12-15H2,(H,25,27). The van der Waals surface area contributed by atoms with Crippen molar-refractivity contribution in [2.24, 2.45) is 0 Å². The SMILES string of the molecule is O=Cc1ccc(CCNC(=O)Cc2cccc3c2Cc2ccccc2-3)cc1. The minimum Gasteiger partial charge on any atom is -0.355 e. The van der Waals surface area contributed by atoms with E-state index in [-0.39, 0.29) is 5.91 Å². The van der Waals surface area contributed by atoms with Crippen LogP contribution in [0.5, 0.6) is 0 Å². The van der Waals surface area contributed by atoms with Gasteiger partial charge in [0, 0.05) is 12.1 Å². The van der Waals surface area contributed by atoms with Crippen LogP contribution in [0, 0.1) is 0 Å². The summed E-state index contributed by atoms with van der Waals surface area (Å²) in [6, 6.07) is 22.1. The van der Waals surface area contributed by atoms with Crippen LogP contribution in [0.4, 0.5) is 0 Å². The molecule has 1 aliphatic rings. The second-order valence-electron chi connectivity index (χ2n) is 6.91. The molecule has 3 nitrogen and oxygen atoms in total. The van der Waals surface area contributed by atoms with Crippen molar-refractivity contribution in [2.45, 2.75) is 19.3 Å². The predicted octanol–water partition coefficient (Wildman–Crippen LogP) is 3.97. The summed E-state index contributed by atoms with van der Waals surface area (Å²) in [5, 5.41) is 3.01. The maximum absolute atomic E-state index is 12.4. The summed E-state index contributed by atoms with van der Waals surface area (Å²) in [5.41, 5.74) is 8.03. The Kier molecular flexibility index (Phi) is 4.84. The van der Waals surface area contributed by atoms with Crippen LogP contribution in [0.25, 0.3) is 11.1 Å². The van der Waals surface area contributed by atoms with Crippen molar-refractivity contribution in [2.75, 3.05) is 6.54 Å². The van der Waals surface area contributed by atoms with Crippen LogP contribution >= 0.6 is 0 Å². The number of fused-ring (bicyclic) bond motifs is 3. The number of hydrogen-bond acceptors (Lipinski definition) is 2. The van der Waals surface area contributed by atoms with Crippen molar-refractivity contribution in [3.63, 3.8) is 0 Å². The van der Waals surface area contributed by atoms with Gasteiger partial charge in [-0.25, -0.2) is 0 Å². The Labute approximate surface area is 159 Å². The van der Waals surface area contributed by atoms with Crippen molar-refractivity contribution in [1.82, 2.24) is 5.32 Å². The first-order valence-electron chi connectivity index (χ1n) is 9.24. The fraction of sp³-hybridized carbons (Fsp3) is 0.167. The maximum Gasteiger partial charge on any atom is 0.224 e. The third kappa shape index (κ3) is 3.68. The van der Waals surface area contributed by atoms with Gasteiger partial charge in [-0.15, -0.1) is 0 Å².